The summed E-state index contributed by atoms with van der Waals surface area (Å²) in [6, 6.07) is 2.82. The Morgan fingerprint density at radius 3 is 3.09 bits per heavy atom. The molecule has 4 heterocycles. The smallest absolute Gasteiger partial charge is 0.246 e. The fourth-order valence-corrected chi connectivity index (χ4v) is 4.44. The second-order valence-electron chi connectivity index (χ2n) is 5.91. The number of nitrogens with one attached hydrogen (secondary N) is 1. The van der Waals surface area contributed by atoms with Crippen LogP contribution in [0.3, 0.4) is 0 Å². The summed E-state index contributed by atoms with van der Waals surface area (Å²) in [7, 11) is -1.73. The van der Waals surface area contributed by atoms with Crippen molar-refractivity contribution in [3.8, 4) is 5.88 Å². The van der Waals surface area contributed by atoms with Crippen LogP contribution in [0.25, 0.3) is 0 Å². The van der Waals surface area contributed by atoms with Gasteiger partial charge < -0.3 is 4.74 Å². The monoisotopic (exact) mass is 335 g/mol. The Morgan fingerprint density at radius 1 is 1.43 bits per heavy atom. The normalized spacial score (nSPS) is 26.1. The molecule has 0 aliphatic carbocycles. The molecule has 0 amide bonds. The topological polar surface area (TPSA) is 89.3 Å². The van der Waals surface area contributed by atoms with Crippen LogP contribution >= 0.6 is 0 Å². The standard InChI is InChI=1S/C14H17N5O3S/c1-18-6-10(5-16-18)7-19-8-11-12(9-19)22-14-13(3-2-4-15-14)23(20,21)17-11/h2-6,11-12,17H,7-9H2,1H3. The molecule has 1 N–H and O–H groups in total. The number of nitrogens with zero attached hydrogens (tertiary/aromatic N) is 4. The molecule has 1 saturated heterocycles. The zero-order valence-electron chi connectivity index (χ0n) is 12.6. The molecule has 122 valence electrons. The fourth-order valence-electron chi connectivity index (χ4n) is 3.10. The van der Waals surface area contributed by atoms with Crippen molar-refractivity contribution in [2.24, 2.45) is 7.05 Å². The van der Waals surface area contributed by atoms with Crippen LogP contribution in [0.4, 0.5) is 0 Å². The Kier molecular flexibility index (Phi) is 3.36. The highest BCUT2D eigenvalue weighted by atomic mass is 32.2. The van der Waals surface area contributed by atoms with Gasteiger partial charge in [-0.15, -0.1) is 0 Å². The molecule has 0 radical (unpaired) electrons. The molecule has 2 unspecified atom stereocenters. The molecule has 2 aliphatic rings. The van der Waals surface area contributed by atoms with Crippen LogP contribution in [0.2, 0.25) is 0 Å². The van der Waals surface area contributed by atoms with Gasteiger partial charge in [-0.2, -0.15) is 5.10 Å². The number of aryl methyl sites for hydroxylation is 1. The molecule has 0 saturated carbocycles. The Bertz CT molecular complexity index is 834. The van der Waals surface area contributed by atoms with Crippen LogP contribution in [-0.2, 0) is 23.6 Å². The average molecular weight is 335 g/mol. The molecular weight excluding hydrogens is 318 g/mol. The lowest BCUT2D eigenvalue weighted by atomic mass is 10.2. The van der Waals surface area contributed by atoms with Crippen molar-refractivity contribution in [1.29, 1.82) is 0 Å². The molecule has 9 heteroatoms. The van der Waals surface area contributed by atoms with Crippen molar-refractivity contribution in [2.45, 2.75) is 23.6 Å². The Morgan fingerprint density at radius 2 is 2.30 bits per heavy atom. The molecule has 0 bridgehead atoms. The van der Waals surface area contributed by atoms with E-state index in [0.29, 0.717) is 19.6 Å². The third kappa shape index (κ3) is 2.71. The maximum absolute atomic E-state index is 12.4. The summed E-state index contributed by atoms with van der Waals surface area (Å²) in [5, 5.41) is 4.15. The Hall–Kier alpha value is -1.97. The highest BCUT2D eigenvalue weighted by molar-refractivity contribution is 7.89. The average Bonchev–Trinajstić information content (AvgIpc) is 3.03. The van der Waals surface area contributed by atoms with E-state index < -0.39 is 10.0 Å². The summed E-state index contributed by atoms with van der Waals surface area (Å²) in [4.78, 5) is 6.33. The lowest BCUT2D eigenvalue weighted by Gasteiger charge is -2.15. The molecular formula is C14H17N5O3S. The van der Waals surface area contributed by atoms with Gasteiger partial charge in [-0.1, -0.05) is 0 Å². The minimum absolute atomic E-state index is 0.105. The van der Waals surface area contributed by atoms with Crippen molar-refractivity contribution in [1.82, 2.24) is 24.4 Å². The van der Waals surface area contributed by atoms with E-state index in [4.69, 9.17) is 4.74 Å². The maximum Gasteiger partial charge on any atom is 0.246 e. The number of hydrogen-bond acceptors (Lipinski definition) is 6. The quantitative estimate of drug-likeness (QED) is 0.813. The van der Waals surface area contributed by atoms with E-state index in [1.165, 1.54) is 12.3 Å². The first kappa shape index (κ1) is 14.6. The first-order valence-corrected chi connectivity index (χ1v) is 8.83. The van der Waals surface area contributed by atoms with Crippen LogP contribution in [0.5, 0.6) is 5.88 Å². The second-order valence-corrected chi connectivity index (χ2v) is 7.59. The molecule has 8 nitrogen and oxygen atoms in total. The summed E-state index contributed by atoms with van der Waals surface area (Å²) in [6.07, 6.45) is 5.06. The summed E-state index contributed by atoms with van der Waals surface area (Å²) < 4.78 is 35.2. The number of sulfonamides is 1. The molecule has 4 rings (SSSR count). The highest BCUT2D eigenvalue weighted by Crippen LogP contribution is 2.29. The number of hydrogen-bond donors (Lipinski definition) is 1. The molecule has 1 fully saturated rings. The second kappa shape index (κ2) is 5.29. The van der Waals surface area contributed by atoms with E-state index in [2.05, 4.69) is 19.7 Å². The zero-order valence-corrected chi connectivity index (χ0v) is 13.4. The fraction of sp³-hybridized carbons (Fsp3) is 0.429. The van der Waals surface area contributed by atoms with E-state index in [1.807, 2.05) is 19.4 Å². The van der Waals surface area contributed by atoms with Crippen molar-refractivity contribution >= 4 is 10.0 Å². The summed E-state index contributed by atoms with van der Waals surface area (Å²) in [6.45, 7) is 1.94. The van der Waals surface area contributed by atoms with Gasteiger partial charge in [0.2, 0.25) is 15.9 Å². The third-order valence-electron chi connectivity index (χ3n) is 4.10. The van der Waals surface area contributed by atoms with Crippen LogP contribution in [-0.4, -0.2) is 53.3 Å². The molecule has 23 heavy (non-hydrogen) atoms. The molecule has 2 atom stereocenters. The predicted molar refractivity (Wildman–Crippen MR) is 81.2 cm³/mol. The van der Waals surface area contributed by atoms with E-state index >= 15 is 0 Å². The first-order chi connectivity index (χ1) is 11.0. The van der Waals surface area contributed by atoms with Gasteiger partial charge in [0.05, 0.1) is 12.2 Å². The number of pyridine rings is 1. The lowest BCUT2D eigenvalue weighted by molar-refractivity contribution is 0.176. The maximum atomic E-state index is 12.4. The number of likely N-dealkylation sites (tertiary alicyclic amines) is 1. The van der Waals surface area contributed by atoms with Crippen LogP contribution in [0.15, 0.2) is 35.6 Å². The minimum atomic E-state index is -3.61. The van der Waals surface area contributed by atoms with Gasteiger partial charge in [-0.05, 0) is 12.1 Å². The molecule has 2 aliphatic heterocycles. The third-order valence-corrected chi connectivity index (χ3v) is 5.60. The van der Waals surface area contributed by atoms with Crippen molar-refractivity contribution in [3.05, 3.63) is 36.3 Å². The molecule has 2 aromatic rings. The van der Waals surface area contributed by atoms with E-state index in [9.17, 15) is 8.42 Å². The van der Waals surface area contributed by atoms with Gasteiger partial charge in [0.15, 0.2) is 0 Å². The van der Waals surface area contributed by atoms with Crippen molar-refractivity contribution < 1.29 is 13.2 Å². The van der Waals surface area contributed by atoms with Gasteiger partial charge in [-0.3, -0.25) is 9.58 Å². The predicted octanol–water partition coefficient (Wildman–Crippen LogP) is -0.261. The first-order valence-electron chi connectivity index (χ1n) is 7.35. The van der Waals surface area contributed by atoms with Gasteiger partial charge in [0.1, 0.15) is 11.0 Å². The summed E-state index contributed by atoms with van der Waals surface area (Å²) in [5.74, 6) is 0.177. The van der Waals surface area contributed by atoms with E-state index in [-0.39, 0.29) is 22.9 Å². The Labute approximate surface area is 134 Å². The summed E-state index contributed by atoms with van der Waals surface area (Å²) >= 11 is 0. The van der Waals surface area contributed by atoms with E-state index in [0.717, 1.165) is 5.56 Å². The van der Waals surface area contributed by atoms with Crippen LogP contribution < -0.4 is 9.46 Å². The number of ether oxygens (including phenoxy) is 1. The largest absolute Gasteiger partial charge is 0.470 e. The van der Waals surface area contributed by atoms with Crippen LogP contribution in [0.1, 0.15) is 5.56 Å². The SMILES string of the molecule is Cn1cc(CN2CC3NS(=O)(=O)c4cccnc4OC3C2)cn1. The van der Waals surface area contributed by atoms with Crippen molar-refractivity contribution in [2.75, 3.05) is 13.1 Å². The minimum Gasteiger partial charge on any atom is -0.470 e. The van der Waals surface area contributed by atoms with Gasteiger partial charge in [0, 0.05) is 44.6 Å². The number of rotatable bonds is 2. The van der Waals surface area contributed by atoms with Gasteiger partial charge >= 0.3 is 0 Å². The number of aromatic nitrogens is 3. The van der Waals surface area contributed by atoms with Crippen LogP contribution in [0, 0.1) is 0 Å². The zero-order chi connectivity index (χ0) is 16.0. The van der Waals surface area contributed by atoms with Gasteiger partial charge in [0.25, 0.3) is 0 Å². The molecule has 0 spiro atoms. The lowest BCUT2D eigenvalue weighted by Crippen LogP contribution is -2.42. The molecule has 2 aromatic heterocycles. The van der Waals surface area contributed by atoms with Gasteiger partial charge in [-0.25, -0.2) is 18.1 Å². The molecule has 0 aromatic carbocycles. The Balaban J connectivity index is 1.57. The van der Waals surface area contributed by atoms with Crippen molar-refractivity contribution in [3.63, 3.8) is 0 Å². The van der Waals surface area contributed by atoms with E-state index in [1.54, 1.807) is 10.7 Å². The number of fused-ring (bicyclic) bond motifs is 2. The highest BCUT2D eigenvalue weighted by Gasteiger charge is 2.41. The summed E-state index contributed by atoms with van der Waals surface area (Å²) in [5.41, 5.74) is 1.09.